The lowest BCUT2D eigenvalue weighted by Gasteiger charge is -2.28. The van der Waals surface area contributed by atoms with Gasteiger partial charge in [0.1, 0.15) is 0 Å². The fraction of sp³-hybridized carbons (Fsp3) is 0.292. The molecule has 32 heavy (non-hydrogen) atoms. The quantitative estimate of drug-likeness (QED) is 0.509. The number of amides is 1. The van der Waals surface area contributed by atoms with E-state index in [9.17, 15) is 9.90 Å². The number of anilines is 1. The predicted molar refractivity (Wildman–Crippen MR) is 128 cm³/mol. The number of rotatable bonds is 6. The van der Waals surface area contributed by atoms with E-state index in [1.807, 2.05) is 55.4 Å². The molecule has 0 radical (unpaired) electrons. The molecule has 8 heteroatoms. The Morgan fingerprint density at radius 3 is 2.62 bits per heavy atom. The molecular formula is C24H24Cl2N4O2. The number of halogens is 2. The number of carboxylic acid groups (broad SMARTS) is 1. The SMILES string of the molecule is CN(C)CCCN(C(=O)O)c1ncc2c(n1)-c1ccccc1[C@H](c1ccc(Cl)c(Cl)c1)C2. The number of fused-ring (bicyclic) bond motifs is 3. The van der Waals surface area contributed by atoms with E-state index < -0.39 is 6.09 Å². The Hall–Kier alpha value is -2.67. The fourth-order valence-corrected chi connectivity index (χ4v) is 4.42. The van der Waals surface area contributed by atoms with Gasteiger partial charge in [0.15, 0.2) is 0 Å². The smallest absolute Gasteiger partial charge is 0.414 e. The molecule has 0 fully saturated rings. The largest absolute Gasteiger partial charge is 0.465 e. The molecule has 0 bridgehead atoms. The third-order valence-corrected chi connectivity index (χ3v) is 6.41. The van der Waals surface area contributed by atoms with E-state index in [-0.39, 0.29) is 11.9 Å². The van der Waals surface area contributed by atoms with Crippen molar-refractivity contribution in [1.29, 1.82) is 0 Å². The highest BCUT2D eigenvalue weighted by atomic mass is 35.5. The molecule has 1 heterocycles. The van der Waals surface area contributed by atoms with E-state index in [0.717, 1.165) is 34.5 Å². The monoisotopic (exact) mass is 470 g/mol. The number of carbonyl (C=O) groups is 1. The molecule has 166 valence electrons. The summed E-state index contributed by atoms with van der Waals surface area (Å²) in [7, 11) is 3.92. The van der Waals surface area contributed by atoms with Gasteiger partial charge in [0.2, 0.25) is 5.95 Å². The van der Waals surface area contributed by atoms with Crippen molar-refractivity contribution in [1.82, 2.24) is 14.9 Å². The minimum atomic E-state index is -1.05. The maximum absolute atomic E-state index is 11.9. The van der Waals surface area contributed by atoms with Crippen LogP contribution in [0, 0.1) is 0 Å². The van der Waals surface area contributed by atoms with E-state index in [1.54, 1.807) is 6.20 Å². The molecule has 2 aromatic carbocycles. The summed E-state index contributed by atoms with van der Waals surface area (Å²) < 4.78 is 0. The molecule has 0 unspecified atom stereocenters. The molecule has 0 aliphatic heterocycles. The van der Waals surface area contributed by atoms with Crippen LogP contribution in [0.25, 0.3) is 11.3 Å². The van der Waals surface area contributed by atoms with E-state index in [0.29, 0.717) is 29.4 Å². The zero-order valence-corrected chi connectivity index (χ0v) is 19.4. The molecule has 4 rings (SSSR count). The second-order valence-corrected chi connectivity index (χ2v) is 8.97. The molecule has 1 atom stereocenters. The van der Waals surface area contributed by atoms with Crippen LogP contribution in [0.15, 0.2) is 48.7 Å². The zero-order chi connectivity index (χ0) is 22.8. The summed E-state index contributed by atoms with van der Waals surface area (Å²) in [6.07, 6.45) is 2.08. The van der Waals surface area contributed by atoms with Crippen molar-refractivity contribution in [2.24, 2.45) is 0 Å². The number of hydrogen-bond acceptors (Lipinski definition) is 4. The molecule has 1 amide bonds. The molecule has 6 nitrogen and oxygen atoms in total. The van der Waals surface area contributed by atoms with E-state index in [2.05, 4.69) is 11.1 Å². The topological polar surface area (TPSA) is 69.6 Å². The van der Waals surface area contributed by atoms with Crippen molar-refractivity contribution in [3.8, 4) is 11.3 Å². The van der Waals surface area contributed by atoms with Gasteiger partial charge in [0.05, 0.1) is 15.7 Å². The van der Waals surface area contributed by atoms with Gasteiger partial charge in [-0.15, -0.1) is 0 Å². The molecule has 1 aliphatic carbocycles. The average molecular weight is 471 g/mol. The van der Waals surface area contributed by atoms with Gasteiger partial charge in [-0.1, -0.05) is 53.5 Å². The van der Waals surface area contributed by atoms with Crippen LogP contribution in [0.5, 0.6) is 0 Å². The summed E-state index contributed by atoms with van der Waals surface area (Å²) >= 11 is 12.4. The molecule has 1 aliphatic rings. The Morgan fingerprint density at radius 1 is 1.12 bits per heavy atom. The van der Waals surface area contributed by atoms with Crippen LogP contribution in [-0.4, -0.2) is 53.3 Å². The summed E-state index contributed by atoms with van der Waals surface area (Å²) in [4.78, 5) is 24.3. The summed E-state index contributed by atoms with van der Waals surface area (Å²) in [5.74, 6) is 0.288. The third kappa shape index (κ3) is 4.58. The number of benzene rings is 2. The first-order chi connectivity index (χ1) is 15.3. The van der Waals surface area contributed by atoms with Gasteiger partial charge < -0.3 is 10.0 Å². The van der Waals surface area contributed by atoms with Gasteiger partial charge in [0, 0.05) is 24.2 Å². The number of hydrogen-bond donors (Lipinski definition) is 1. The second kappa shape index (κ2) is 9.45. The Morgan fingerprint density at radius 2 is 1.91 bits per heavy atom. The Kier molecular flexibility index (Phi) is 6.65. The predicted octanol–water partition coefficient (Wildman–Crippen LogP) is 5.57. The van der Waals surface area contributed by atoms with E-state index >= 15 is 0 Å². The van der Waals surface area contributed by atoms with E-state index in [4.69, 9.17) is 28.2 Å². The highest BCUT2D eigenvalue weighted by Gasteiger charge is 2.29. The lowest BCUT2D eigenvalue weighted by molar-refractivity contribution is 0.201. The summed E-state index contributed by atoms with van der Waals surface area (Å²) in [6.45, 7) is 1.11. The molecule has 3 aromatic rings. The van der Waals surface area contributed by atoms with Crippen LogP contribution in [0.3, 0.4) is 0 Å². The van der Waals surface area contributed by atoms with Crippen molar-refractivity contribution in [3.05, 3.63) is 75.4 Å². The second-order valence-electron chi connectivity index (χ2n) is 8.15. The van der Waals surface area contributed by atoms with Crippen molar-refractivity contribution >= 4 is 35.2 Å². The van der Waals surface area contributed by atoms with Gasteiger partial charge in [0.25, 0.3) is 0 Å². The fourth-order valence-electron chi connectivity index (χ4n) is 4.11. The minimum Gasteiger partial charge on any atom is -0.465 e. The first kappa shape index (κ1) is 22.5. The maximum Gasteiger partial charge on any atom is 0.414 e. The average Bonchev–Trinajstić information content (AvgIpc) is 2.77. The van der Waals surface area contributed by atoms with Gasteiger partial charge >= 0.3 is 6.09 Å². The minimum absolute atomic E-state index is 0.0820. The van der Waals surface area contributed by atoms with Crippen LogP contribution in [0.4, 0.5) is 10.7 Å². The van der Waals surface area contributed by atoms with Crippen molar-refractivity contribution < 1.29 is 9.90 Å². The zero-order valence-electron chi connectivity index (χ0n) is 17.9. The highest BCUT2D eigenvalue weighted by Crippen LogP contribution is 2.43. The standard InChI is InChI=1S/C24H24Cl2N4O2/c1-29(2)10-5-11-30(24(31)32)23-27-14-16-12-19(15-8-9-20(25)21(26)13-15)17-6-3-4-7-18(17)22(16)28-23/h3-4,6-9,13-14,19H,5,10-12H2,1-2H3,(H,31,32)/t19-/m0/s1. The Labute approximate surface area is 197 Å². The van der Waals surface area contributed by atoms with E-state index in [1.165, 1.54) is 4.90 Å². The third-order valence-electron chi connectivity index (χ3n) is 5.67. The lowest BCUT2D eigenvalue weighted by atomic mass is 9.78. The summed E-state index contributed by atoms with van der Waals surface area (Å²) in [6, 6.07) is 13.8. The first-order valence-electron chi connectivity index (χ1n) is 10.4. The van der Waals surface area contributed by atoms with Crippen molar-refractivity contribution in [2.45, 2.75) is 18.8 Å². The Balaban J connectivity index is 1.71. The van der Waals surface area contributed by atoms with Crippen LogP contribution in [-0.2, 0) is 6.42 Å². The van der Waals surface area contributed by atoms with Crippen LogP contribution < -0.4 is 4.90 Å². The van der Waals surface area contributed by atoms with Crippen LogP contribution >= 0.6 is 23.2 Å². The molecule has 1 N–H and O–H groups in total. The molecule has 0 saturated heterocycles. The molecular weight excluding hydrogens is 447 g/mol. The summed E-state index contributed by atoms with van der Waals surface area (Å²) in [5.41, 5.74) is 4.92. The highest BCUT2D eigenvalue weighted by molar-refractivity contribution is 6.42. The van der Waals surface area contributed by atoms with Gasteiger partial charge in [-0.05, 0) is 62.3 Å². The molecule has 0 spiro atoms. The normalized spacial score (nSPS) is 14.7. The molecule has 1 aromatic heterocycles. The van der Waals surface area contributed by atoms with Crippen molar-refractivity contribution in [3.63, 3.8) is 0 Å². The van der Waals surface area contributed by atoms with Crippen molar-refractivity contribution in [2.75, 3.05) is 32.1 Å². The Bertz CT molecular complexity index is 1150. The number of nitrogens with zero attached hydrogens (tertiary/aromatic N) is 4. The summed E-state index contributed by atoms with van der Waals surface area (Å²) in [5, 5.41) is 10.8. The maximum atomic E-state index is 11.9. The lowest BCUT2D eigenvalue weighted by Crippen LogP contribution is -2.33. The molecule has 0 saturated carbocycles. The van der Waals surface area contributed by atoms with Crippen LogP contribution in [0.2, 0.25) is 10.0 Å². The van der Waals surface area contributed by atoms with Gasteiger partial charge in [-0.2, -0.15) is 0 Å². The first-order valence-corrected chi connectivity index (χ1v) is 11.2. The van der Waals surface area contributed by atoms with Gasteiger partial charge in [-0.3, -0.25) is 0 Å². The van der Waals surface area contributed by atoms with Crippen LogP contribution in [0.1, 0.15) is 29.0 Å². The number of aromatic nitrogens is 2. The van der Waals surface area contributed by atoms with Gasteiger partial charge in [-0.25, -0.2) is 19.7 Å².